The molecule has 0 aromatic carbocycles. The van der Waals surface area contributed by atoms with Crippen molar-refractivity contribution < 1.29 is 4.74 Å². The number of ether oxygens (including phenoxy) is 1. The number of hydrogen-bond donors (Lipinski definition) is 1. The summed E-state index contributed by atoms with van der Waals surface area (Å²) < 4.78 is 5.27. The number of rotatable bonds is 5. The van der Waals surface area contributed by atoms with Crippen LogP contribution in [0.3, 0.4) is 0 Å². The Kier molecular flexibility index (Phi) is 3.68. The Morgan fingerprint density at radius 1 is 1.33 bits per heavy atom. The SMILES string of the molecule is COC(C)CC(N)CC1CC2CCC1C2. The third kappa shape index (κ3) is 2.73. The van der Waals surface area contributed by atoms with E-state index in [1.807, 2.05) is 0 Å². The van der Waals surface area contributed by atoms with Crippen LogP contribution in [-0.4, -0.2) is 19.3 Å². The molecule has 0 aromatic heterocycles. The van der Waals surface area contributed by atoms with Gasteiger partial charge in [0.15, 0.2) is 0 Å². The lowest BCUT2D eigenvalue weighted by Crippen LogP contribution is -2.29. The quantitative estimate of drug-likeness (QED) is 0.758. The standard InChI is InChI=1S/C13H25NO/c1-9(15-2)5-13(14)8-12-7-10-3-4-11(12)6-10/h9-13H,3-8,14H2,1-2H3. The van der Waals surface area contributed by atoms with Crippen LogP contribution in [0.5, 0.6) is 0 Å². The summed E-state index contributed by atoms with van der Waals surface area (Å²) in [6.45, 7) is 2.11. The molecular formula is C13H25NO. The molecule has 0 radical (unpaired) electrons. The van der Waals surface area contributed by atoms with E-state index in [1.54, 1.807) is 7.11 Å². The van der Waals surface area contributed by atoms with Crippen LogP contribution in [-0.2, 0) is 4.74 Å². The van der Waals surface area contributed by atoms with E-state index in [2.05, 4.69) is 6.92 Å². The van der Waals surface area contributed by atoms with Gasteiger partial charge in [-0.1, -0.05) is 6.42 Å². The maximum atomic E-state index is 6.18. The number of fused-ring (bicyclic) bond motifs is 2. The summed E-state index contributed by atoms with van der Waals surface area (Å²) in [5.41, 5.74) is 6.18. The highest BCUT2D eigenvalue weighted by Crippen LogP contribution is 2.49. The second-order valence-corrected chi connectivity index (χ2v) is 5.71. The zero-order valence-corrected chi connectivity index (χ0v) is 10.1. The Morgan fingerprint density at radius 3 is 2.67 bits per heavy atom. The minimum Gasteiger partial charge on any atom is -0.382 e. The van der Waals surface area contributed by atoms with E-state index in [0.29, 0.717) is 12.1 Å². The molecule has 0 amide bonds. The zero-order valence-electron chi connectivity index (χ0n) is 10.1. The van der Waals surface area contributed by atoms with E-state index in [-0.39, 0.29) is 0 Å². The van der Waals surface area contributed by atoms with Crippen LogP contribution >= 0.6 is 0 Å². The van der Waals surface area contributed by atoms with Gasteiger partial charge in [0.25, 0.3) is 0 Å². The van der Waals surface area contributed by atoms with Crippen LogP contribution in [0.15, 0.2) is 0 Å². The summed E-state index contributed by atoms with van der Waals surface area (Å²) in [6, 6.07) is 0.351. The van der Waals surface area contributed by atoms with Crippen LogP contribution in [0.25, 0.3) is 0 Å². The van der Waals surface area contributed by atoms with E-state index in [0.717, 1.165) is 24.2 Å². The molecule has 0 aromatic rings. The summed E-state index contributed by atoms with van der Waals surface area (Å²) >= 11 is 0. The van der Waals surface area contributed by atoms with Crippen LogP contribution in [0.1, 0.15) is 45.4 Å². The van der Waals surface area contributed by atoms with Crippen molar-refractivity contribution in [1.29, 1.82) is 0 Å². The van der Waals surface area contributed by atoms with E-state index >= 15 is 0 Å². The van der Waals surface area contributed by atoms with Crippen LogP contribution in [0.4, 0.5) is 0 Å². The lowest BCUT2D eigenvalue weighted by Gasteiger charge is -2.25. The van der Waals surface area contributed by atoms with Crippen molar-refractivity contribution in [2.24, 2.45) is 23.5 Å². The van der Waals surface area contributed by atoms with E-state index in [1.165, 1.54) is 32.1 Å². The second kappa shape index (κ2) is 4.84. The lowest BCUT2D eigenvalue weighted by atomic mass is 9.83. The van der Waals surface area contributed by atoms with Gasteiger partial charge in [-0.3, -0.25) is 0 Å². The molecule has 5 atom stereocenters. The molecule has 0 aliphatic heterocycles. The maximum Gasteiger partial charge on any atom is 0.0558 e. The minimum atomic E-state index is 0.318. The molecule has 2 nitrogen and oxygen atoms in total. The lowest BCUT2D eigenvalue weighted by molar-refractivity contribution is 0.100. The van der Waals surface area contributed by atoms with E-state index < -0.39 is 0 Å². The Hall–Kier alpha value is -0.0800. The van der Waals surface area contributed by atoms with Crippen molar-refractivity contribution in [2.75, 3.05) is 7.11 Å². The normalized spacial score (nSPS) is 38.2. The van der Waals surface area contributed by atoms with Gasteiger partial charge in [-0.05, 0) is 56.8 Å². The highest BCUT2D eigenvalue weighted by Gasteiger charge is 2.39. The third-order valence-electron chi connectivity index (χ3n) is 4.53. The monoisotopic (exact) mass is 211 g/mol. The molecule has 2 fully saturated rings. The Balaban J connectivity index is 1.72. The fourth-order valence-electron chi connectivity index (χ4n) is 3.67. The third-order valence-corrected chi connectivity index (χ3v) is 4.53. The largest absolute Gasteiger partial charge is 0.382 e. The van der Waals surface area contributed by atoms with Crippen molar-refractivity contribution in [3.8, 4) is 0 Å². The maximum absolute atomic E-state index is 6.18. The molecule has 2 heteroatoms. The fourth-order valence-corrected chi connectivity index (χ4v) is 3.67. The molecule has 0 heterocycles. The van der Waals surface area contributed by atoms with Gasteiger partial charge in [0.05, 0.1) is 6.10 Å². The molecule has 0 saturated heterocycles. The summed E-state index contributed by atoms with van der Waals surface area (Å²) in [4.78, 5) is 0. The Bertz CT molecular complexity index is 207. The van der Waals surface area contributed by atoms with Gasteiger partial charge in [0.1, 0.15) is 0 Å². The van der Waals surface area contributed by atoms with Crippen molar-refractivity contribution in [1.82, 2.24) is 0 Å². The van der Waals surface area contributed by atoms with Crippen molar-refractivity contribution in [3.05, 3.63) is 0 Å². The smallest absolute Gasteiger partial charge is 0.0558 e. The summed E-state index contributed by atoms with van der Waals surface area (Å²) in [7, 11) is 1.77. The first-order valence-corrected chi connectivity index (χ1v) is 6.47. The predicted octanol–water partition coefficient (Wildman–Crippen LogP) is 2.57. The first-order valence-electron chi connectivity index (χ1n) is 6.47. The molecule has 2 rings (SSSR count). The highest BCUT2D eigenvalue weighted by atomic mass is 16.5. The molecule has 5 unspecified atom stereocenters. The van der Waals surface area contributed by atoms with Gasteiger partial charge in [-0.2, -0.15) is 0 Å². The van der Waals surface area contributed by atoms with Crippen molar-refractivity contribution >= 4 is 0 Å². The predicted molar refractivity (Wildman–Crippen MR) is 62.6 cm³/mol. The highest BCUT2D eigenvalue weighted by molar-refractivity contribution is 4.91. The minimum absolute atomic E-state index is 0.318. The molecule has 2 N–H and O–H groups in total. The topological polar surface area (TPSA) is 35.2 Å². The van der Waals surface area contributed by atoms with Gasteiger partial charge >= 0.3 is 0 Å². The van der Waals surface area contributed by atoms with Crippen molar-refractivity contribution in [2.45, 2.75) is 57.6 Å². The molecule has 0 spiro atoms. The fraction of sp³-hybridized carbons (Fsp3) is 1.00. The number of nitrogens with two attached hydrogens (primary N) is 1. The van der Waals surface area contributed by atoms with Gasteiger partial charge in [-0.25, -0.2) is 0 Å². The molecule has 2 bridgehead atoms. The molecular weight excluding hydrogens is 186 g/mol. The number of hydrogen-bond acceptors (Lipinski definition) is 2. The van der Waals surface area contributed by atoms with Gasteiger partial charge in [-0.15, -0.1) is 0 Å². The first-order chi connectivity index (χ1) is 7.19. The summed E-state index contributed by atoms with van der Waals surface area (Å²) in [6.07, 6.45) is 8.49. The summed E-state index contributed by atoms with van der Waals surface area (Å²) in [5, 5.41) is 0. The molecule has 88 valence electrons. The van der Waals surface area contributed by atoms with E-state index in [4.69, 9.17) is 10.5 Å². The van der Waals surface area contributed by atoms with Crippen LogP contribution in [0, 0.1) is 17.8 Å². The molecule has 2 saturated carbocycles. The molecule has 15 heavy (non-hydrogen) atoms. The molecule has 2 aliphatic rings. The summed E-state index contributed by atoms with van der Waals surface area (Å²) in [5.74, 6) is 2.99. The van der Waals surface area contributed by atoms with Crippen molar-refractivity contribution in [3.63, 3.8) is 0 Å². The Morgan fingerprint density at radius 2 is 2.13 bits per heavy atom. The average molecular weight is 211 g/mol. The van der Waals surface area contributed by atoms with Crippen LogP contribution < -0.4 is 5.73 Å². The van der Waals surface area contributed by atoms with Gasteiger partial charge < -0.3 is 10.5 Å². The average Bonchev–Trinajstić information content (AvgIpc) is 2.78. The van der Waals surface area contributed by atoms with Crippen LogP contribution in [0.2, 0.25) is 0 Å². The van der Waals surface area contributed by atoms with Gasteiger partial charge in [0, 0.05) is 13.2 Å². The van der Waals surface area contributed by atoms with Gasteiger partial charge in [0.2, 0.25) is 0 Å². The first kappa shape index (κ1) is 11.4. The second-order valence-electron chi connectivity index (χ2n) is 5.71. The van der Waals surface area contributed by atoms with E-state index in [9.17, 15) is 0 Å². The molecule has 2 aliphatic carbocycles. The Labute approximate surface area is 93.6 Å². The zero-order chi connectivity index (χ0) is 10.8. The number of methoxy groups -OCH3 is 1.